The van der Waals surface area contributed by atoms with Crippen molar-refractivity contribution < 1.29 is 23.9 Å². The van der Waals surface area contributed by atoms with E-state index < -0.39 is 23.0 Å². The molecule has 1 atom stereocenters. The van der Waals surface area contributed by atoms with Crippen LogP contribution < -0.4 is 16.0 Å². The van der Waals surface area contributed by atoms with Crippen molar-refractivity contribution in [3.63, 3.8) is 0 Å². The van der Waals surface area contributed by atoms with E-state index in [1.807, 2.05) is 36.4 Å². The molecule has 4 aromatic rings. The van der Waals surface area contributed by atoms with Crippen molar-refractivity contribution >= 4 is 63.6 Å². The normalized spacial score (nSPS) is 13.5. The van der Waals surface area contributed by atoms with Crippen LogP contribution in [0.1, 0.15) is 88.2 Å². The molecule has 49 heavy (non-hydrogen) atoms. The van der Waals surface area contributed by atoms with Crippen molar-refractivity contribution in [1.82, 2.24) is 5.32 Å². The summed E-state index contributed by atoms with van der Waals surface area (Å²) < 4.78 is 5.08. The molecule has 0 aliphatic heterocycles. The Bertz CT molecular complexity index is 1850. The molecule has 1 aromatic heterocycles. The quantitative estimate of drug-likeness (QED) is 0.0628. The Labute approximate surface area is 295 Å². The van der Waals surface area contributed by atoms with Gasteiger partial charge in [-0.15, -0.1) is 23.1 Å². The largest absolute Gasteiger partial charge is 0.465 e. The second kappa shape index (κ2) is 16.6. The maximum absolute atomic E-state index is 13.6. The number of fused-ring (bicyclic) bond motifs is 1. The molecule has 3 N–H and O–H groups in total. The summed E-state index contributed by atoms with van der Waals surface area (Å²) in [4.78, 5) is 54.7. The van der Waals surface area contributed by atoms with Crippen LogP contribution in [0.5, 0.6) is 0 Å². The fraction of sp³-hybridized carbons (Fsp3) is 0.282. The predicted molar refractivity (Wildman–Crippen MR) is 198 cm³/mol. The van der Waals surface area contributed by atoms with Crippen LogP contribution in [0, 0.1) is 0 Å². The van der Waals surface area contributed by atoms with E-state index in [0.717, 1.165) is 53.0 Å². The SMILES string of the molecule is COC(=O)c1c(NC(=O)C(C)Sc2cccc(NC(=O)/C(=C\c3ccc(C(C)C)cc3)NC(=O)c3ccccc3)c2)sc2c1CCCCC2. The third-order valence-corrected chi connectivity index (χ3v) is 10.6. The van der Waals surface area contributed by atoms with Gasteiger partial charge < -0.3 is 20.7 Å². The van der Waals surface area contributed by atoms with Crippen LogP contribution in [0.25, 0.3) is 6.08 Å². The first kappa shape index (κ1) is 35.6. The molecule has 1 heterocycles. The number of rotatable bonds is 11. The minimum atomic E-state index is -0.507. The molecule has 0 spiro atoms. The lowest BCUT2D eigenvalue weighted by Crippen LogP contribution is -2.30. The summed E-state index contributed by atoms with van der Waals surface area (Å²) in [7, 11) is 1.36. The zero-order chi connectivity index (χ0) is 34.9. The van der Waals surface area contributed by atoms with Gasteiger partial charge in [-0.25, -0.2) is 4.79 Å². The molecule has 0 bridgehead atoms. The van der Waals surface area contributed by atoms with E-state index in [2.05, 4.69) is 29.8 Å². The Morgan fingerprint density at radius 3 is 2.31 bits per heavy atom. The van der Waals surface area contributed by atoms with E-state index in [9.17, 15) is 19.2 Å². The van der Waals surface area contributed by atoms with E-state index >= 15 is 0 Å². The molecule has 3 aromatic carbocycles. The van der Waals surface area contributed by atoms with E-state index in [-0.39, 0.29) is 11.6 Å². The first-order valence-corrected chi connectivity index (χ1v) is 18.1. The van der Waals surface area contributed by atoms with Crippen LogP contribution in [0.2, 0.25) is 0 Å². The number of carbonyl (C=O) groups is 4. The van der Waals surface area contributed by atoms with Gasteiger partial charge >= 0.3 is 5.97 Å². The molecule has 8 nitrogen and oxygen atoms in total. The second-order valence-electron chi connectivity index (χ2n) is 12.2. The van der Waals surface area contributed by atoms with E-state index in [1.54, 1.807) is 55.5 Å². The number of methoxy groups -OCH3 is 1. The number of ether oxygens (including phenoxy) is 1. The lowest BCUT2D eigenvalue weighted by Gasteiger charge is -2.14. The molecule has 5 rings (SSSR count). The minimum Gasteiger partial charge on any atom is -0.465 e. The average molecular weight is 696 g/mol. The van der Waals surface area contributed by atoms with Crippen LogP contribution >= 0.6 is 23.1 Å². The highest BCUT2D eigenvalue weighted by atomic mass is 32.2. The standard InChI is InChI=1S/C39H41N3O5S2/c1-24(2)27-20-18-26(19-21-27)22-32(41-36(44)28-12-7-5-8-13-28)37(45)40-29-14-11-15-30(23-29)48-25(3)35(43)42-38-34(39(46)47-4)31-16-9-6-10-17-33(31)49-38/h5,7-8,11-15,18-25H,6,9-10,16-17H2,1-4H3,(H,40,45)(H,41,44)(H,42,43)/b32-22+. The number of thiophene rings is 1. The Kier molecular flexibility index (Phi) is 12.1. The molecule has 0 fully saturated rings. The summed E-state index contributed by atoms with van der Waals surface area (Å²) in [5, 5.41) is 8.71. The lowest BCUT2D eigenvalue weighted by atomic mass is 10.0. The minimum absolute atomic E-state index is 0.0905. The van der Waals surface area contributed by atoms with Gasteiger partial charge in [0, 0.05) is 21.0 Å². The van der Waals surface area contributed by atoms with Crippen LogP contribution in [-0.2, 0) is 27.2 Å². The molecule has 3 amide bonds. The third-order valence-electron chi connectivity index (χ3n) is 8.26. The number of hydrogen-bond donors (Lipinski definition) is 3. The Balaban J connectivity index is 1.30. The van der Waals surface area contributed by atoms with Gasteiger partial charge in [0.15, 0.2) is 0 Å². The summed E-state index contributed by atoms with van der Waals surface area (Å²) in [6.07, 6.45) is 6.51. The van der Waals surface area contributed by atoms with Gasteiger partial charge in [0.05, 0.1) is 17.9 Å². The number of anilines is 2. The Morgan fingerprint density at radius 1 is 0.857 bits per heavy atom. The van der Waals surface area contributed by atoms with Crippen molar-refractivity contribution in [2.75, 3.05) is 17.7 Å². The predicted octanol–water partition coefficient (Wildman–Crippen LogP) is 8.46. The molecular formula is C39H41N3O5S2. The van der Waals surface area contributed by atoms with Gasteiger partial charge in [-0.2, -0.15) is 0 Å². The maximum atomic E-state index is 13.6. The highest BCUT2D eigenvalue weighted by Crippen LogP contribution is 2.38. The average Bonchev–Trinajstić information content (AvgIpc) is 3.27. The smallest absolute Gasteiger partial charge is 0.341 e. The van der Waals surface area contributed by atoms with Gasteiger partial charge in [-0.05, 0) is 91.6 Å². The Morgan fingerprint density at radius 2 is 1.59 bits per heavy atom. The van der Waals surface area contributed by atoms with Gasteiger partial charge in [0.25, 0.3) is 11.8 Å². The number of thioether (sulfide) groups is 1. The van der Waals surface area contributed by atoms with Crippen molar-refractivity contribution in [2.24, 2.45) is 0 Å². The van der Waals surface area contributed by atoms with Crippen molar-refractivity contribution in [1.29, 1.82) is 0 Å². The first-order valence-electron chi connectivity index (χ1n) is 16.4. The maximum Gasteiger partial charge on any atom is 0.341 e. The number of nitrogens with one attached hydrogen (secondary N) is 3. The van der Waals surface area contributed by atoms with Gasteiger partial charge in [-0.1, -0.05) is 68.8 Å². The van der Waals surface area contributed by atoms with Crippen molar-refractivity contribution in [3.05, 3.63) is 117 Å². The monoisotopic (exact) mass is 695 g/mol. The van der Waals surface area contributed by atoms with Gasteiger partial charge in [0.1, 0.15) is 10.7 Å². The molecule has 254 valence electrons. The molecule has 1 unspecified atom stereocenters. The van der Waals surface area contributed by atoms with Crippen LogP contribution in [-0.4, -0.2) is 36.1 Å². The van der Waals surface area contributed by atoms with Crippen LogP contribution in [0.3, 0.4) is 0 Å². The number of aryl methyl sites for hydroxylation is 1. The molecule has 1 aliphatic rings. The van der Waals surface area contributed by atoms with Gasteiger partial charge in [0.2, 0.25) is 5.91 Å². The molecule has 0 radical (unpaired) electrons. The summed E-state index contributed by atoms with van der Waals surface area (Å²) in [6.45, 7) is 6.02. The summed E-state index contributed by atoms with van der Waals surface area (Å²) in [5.74, 6) is -1.20. The van der Waals surface area contributed by atoms with E-state index in [0.29, 0.717) is 27.7 Å². The summed E-state index contributed by atoms with van der Waals surface area (Å²) in [6, 6.07) is 23.8. The van der Waals surface area contributed by atoms with Crippen molar-refractivity contribution in [3.8, 4) is 0 Å². The second-order valence-corrected chi connectivity index (χ2v) is 14.7. The van der Waals surface area contributed by atoms with Crippen LogP contribution in [0.4, 0.5) is 10.7 Å². The third kappa shape index (κ3) is 9.28. The first-order chi connectivity index (χ1) is 23.6. The van der Waals surface area contributed by atoms with E-state index in [4.69, 9.17) is 4.74 Å². The molecular weight excluding hydrogens is 655 g/mol. The fourth-order valence-electron chi connectivity index (χ4n) is 5.55. The number of carbonyl (C=O) groups excluding carboxylic acids is 4. The number of amides is 3. The number of benzene rings is 3. The zero-order valence-corrected chi connectivity index (χ0v) is 29.8. The summed E-state index contributed by atoms with van der Waals surface area (Å²) in [5.41, 5.74) is 4.43. The Hall–Kier alpha value is -4.67. The van der Waals surface area contributed by atoms with Crippen LogP contribution in [0.15, 0.2) is 89.5 Å². The topological polar surface area (TPSA) is 114 Å². The fourth-order valence-corrected chi connectivity index (χ4v) is 7.76. The number of hydrogen-bond acceptors (Lipinski definition) is 7. The highest BCUT2D eigenvalue weighted by Gasteiger charge is 2.27. The highest BCUT2D eigenvalue weighted by molar-refractivity contribution is 8.00. The van der Waals surface area contributed by atoms with E-state index in [1.165, 1.54) is 35.8 Å². The number of esters is 1. The zero-order valence-electron chi connectivity index (χ0n) is 28.1. The molecule has 0 saturated carbocycles. The van der Waals surface area contributed by atoms with Gasteiger partial charge in [-0.3, -0.25) is 14.4 Å². The molecule has 1 aliphatic carbocycles. The molecule has 0 saturated heterocycles. The lowest BCUT2D eigenvalue weighted by molar-refractivity contribution is -0.115. The van der Waals surface area contributed by atoms with Crippen molar-refractivity contribution in [2.45, 2.75) is 68.9 Å². The summed E-state index contributed by atoms with van der Waals surface area (Å²) >= 11 is 2.80. The molecule has 10 heteroatoms.